The fraction of sp³-hybridized carbons (Fsp3) is 0.421. The van der Waals surface area contributed by atoms with E-state index < -0.39 is 23.2 Å². The van der Waals surface area contributed by atoms with Gasteiger partial charge in [-0.3, -0.25) is 4.79 Å². The fourth-order valence-electron chi connectivity index (χ4n) is 3.65. The number of benzene rings is 1. The molecule has 2 aromatic heterocycles. The van der Waals surface area contributed by atoms with Crippen LogP contribution in [-0.2, 0) is 12.6 Å². The normalized spacial score (nSPS) is 17.7. The summed E-state index contributed by atoms with van der Waals surface area (Å²) < 4.78 is 67.1. The molecule has 4 rings (SSSR count). The van der Waals surface area contributed by atoms with Crippen LogP contribution in [0.1, 0.15) is 48.7 Å². The number of nitrogens with one attached hydrogen (secondary N) is 1. The molecule has 1 aliphatic rings. The maximum atomic E-state index is 13.4. The van der Waals surface area contributed by atoms with Crippen molar-refractivity contribution in [3.05, 3.63) is 57.8 Å². The van der Waals surface area contributed by atoms with Crippen molar-refractivity contribution < 1.29 is 22.0 Å². The zero-order valence-corrected chi connectivity index (χ0v) is 15.1. The molecule has 154 valence electrons. The van der Waals surface area contributed by atoms with E-state index in [4.69, 9.17) is 0 Å². The van der Waals surface area contributed by atoms with Gasteiger partial charge in [-0.15, -0.1) is 0 Å². The molecule has 1 N–H and O–H groups in total. The van der Waals surface area contributed by atoms with Crippen LogP contribution in [0.3, 0.4) is 0 Å². The lowest BCUT2D eigenvalue weighted by atomic mass is 9.92. The molecule has 0 radical (unpaired) electrons. The lowest BCUT2D eigenvalue weighted by Crippen LogP contribution is -2.27. The highest BCUT2D eigenvalue weighted by Gasteiger charge is 2.36. The number of hydrogen-bond acceptors (Lipinski definition) is 3. The molecule has 0 unspecified atom stereocenters. The molecule has 10 heteroatoms. The summed E-state index contributed by atoms with van der Waals surface area (Å²) in [5.41, 5.74) is -0.660. The summed E-state index contributed by atoms with van der Waals surface area (Å²) in [6.07, 6.45) is -3.26. The first-order chi connectivity index (χ1) is 13.6. The first-order valence-corrected chi connectivity index (χ1v) is 9.13. The molecule has 1 aliphatic carbocycles. The predicted molar refractivity (Wildman–Crippen MR) is 94.9 cm³/mol. The lowest BCUT2D eigenvalue weighted by molar-refractivity contribution is -0.137. The van der Waals surface area contributed by atoms with E-state index in [1.54, 1.807) is 0 Å². The minimum absolute atomic E-state index is 0.0109. The van der Waals surface area contributed by atoms with Gasteiger partial charge in [0, 0.05) is 19.3 Å². The first-order valence-electron chi connectivity index (χ1n) is 9.13. The SMILES string of the molecule is O=c1[nH]c(Cc2cccc(C(F)(F)F)c2)nc2c1cnn2C1CCC(F)(F)CC1. The number of halogens is 5. The second-order valence-corrected chi connectivity index (χ2v) is 7.30. The van der Waals surface area contributed by atoms with Gasteiger partial charge in [0.25, 0.3) is 5.56 Å². The van der Waals surface area contributed by atoms with Gasteiger partial charge in [-0.1, -0.05) is 18.2 Å². The summed E-state index contributed by atoms with van der Waals surface area (Å²) in [5.74, 6) is -2.51. The number of fused-ring (bicyclic) bond motifs is 1. The molecule has 0 spiro atoms. The Morgan fingerprint density at radius 2 is 1.93 bits per heavy atom. The molecule has 0 amide bonds. The van der Waals surface area contributed by atoms with Crippen molar-refractivity contribution in [2.45, 2.75) is 50.2 Å². The molecule has 1 aromatic carbocycles. The van der Waals surface area contributed by atoms with Gasteiger partial charge in [0.05, 0.1) is 17.8 Å². The second kappa shape index (κ2) is 6.93. The van der Waals surface area contributed by atoms with Crippen LogP contribution in [0.2, 0.25) is 0 Å². The highest BCUT2D eigenvalue weighted by molar-refractivity contribution is 5.73. The number of aromatic nitrogens is 4. The summed E-state index contributed by atoms with van der Waals surface area (Å²) in [5, 5.41) is 4.38. The van der Waals surface area contributed by atoms with Gasteiger partial charge in [-0.05, 0) is 24.5 Å². The summed E-state index contributed by atoms with van der Waals surface area (Å²) in [4.78, 5) is 19.3. The molecule has 0 bridgehead atoms. The Kier molecular flexibility index (Phi) is 4.66. The van der Waals surface area contributed by atoms with E-state index >= 15 is 0 Å². The number of nitrogens with zero attached hydrogens (tertiary/aromatic N) is 3. The van der Waals surface area contributed by atoms with E-state index in [-0.39, 0.29) is 55.0 Å². The maximum absolute atomic E-state index is 13.4. The number of alkyl halides is 5. The van der Waals surface area contributed by atoms with E-state index in [9.17, 15) is 26.7 Å². The Morgan fingerprint density at radius 3 is 2.62 bits per heavy atom. The third-order valence-corrected chi connectivity index (χ3v) is 5.17. The van der Waals surface area contributed by atoms with Crippen LogP contribution in [0.4, 0.5) is 22.0 Å². The minimum atomic E-state index is -4.47. The van der Waals surface area contributed by atoms with Gasteiger partial charge in [0.2, 0.25) is 5.92 Å². The van der Waals surface area contributed by atoms with E-state index in [1.807, 2.05) is 0 Å². The number of aromatic amines is 1. The van der Waals surface area contributed by atoms with Crippen LogP contribution in [-0.4, -0.2) is 25.7 Å². The zero-order valence-electron chi connectivity index (χ0n) is 15.1. The molecule has 2 heterocycles. The third kappa shape index (κ3) is 4.01. The lowest BCUT2D eigenvalue weighted by Gasteiger charge is -2.28. The molecule has 0 saturated heterocycles. The van der Waals surface area contributed by atoms with E-state index in [0.29, 0.717) is 5.56 Å². The van der Waals surface area contributed by atoms with Crippen LogP contribution in [0.15, 0.2) is 35.3 Å². The Morgan fingerprint density at radius 1 is 1.21 bits per heavy atom. The van der Waals surface area contributed by atoms with Crippen LogP contribution >= 0.6 is 0 Å². The first kappa shape index (κ1) is 19.5. The van der Waals surface area contributed by atoms with Crippen molar-refractivity contribution in [2.24, 2.45) is 0 Å². The van der Waals surface area contributed by atoms with Crippen molar-refractivity contribution in [2.75, 3.05) is 0 Å². The molecule has 1 fully saturated rings. The number of hydrogen-bond donors (Lipinski definition) is 1. The van der Waals surface area contributed by atoms with E-state index in [1.165, 1.54) is 23.0 Å². The topological polar surface area (TPSA) is 63.6 Å². The Labute approximate surface area is 161 Å². The van der Waals surface area contributed by atoms with Crippen molar-refractivity contribution >= 4 is 11.0 Å². The standard InChI is InChI=1S/C19H17F5N4O/c20-18(21)6-4-13(5-7-18)28-16-14(10-25-28)17(29)27-15(26-16)9-11-2-1-3-12(8-11)19(22,23)24/h1-3,8,10,13H,4-7,9H2,(H,26,27,29). The van der Waals surface area contributed by atoms with Crippen LogP contribution in [0.25, 0.3) is 11.0 Å². The van der Waals surface area contributed by atoms with Crippen molar-refractivity contribution in [3.63, 3.8) is 0 Å². The molecule has 0 aliphatic heterocycles. The summed E-state index contributed by atoms with van der Waals surface area (Å²) in [6.45, 7) is 0. The quantitative estimate of drug-likeness (QED) is 0.646. The summed E-state index contributed by atoms with van der Waals surface area (Å²) >= 11 is 0. The summed E-state index contributed by atoms with van der Waals surface area (Å²) in [7, 11) is 0. The average molecular weight is 412 g/mol. The molecule has 0 atom stereocenters. The Bertz CT molecular complexity index is 1090. The average Bonchev–Trinajstić information content (AvgIpc) is 3.06. The smallest absolute Gasteiger partial charge is 0.310 e. The van der Waals surface area contributed by atoms with Gasteiger partial charge in [-0.2, -0.15) is 18.3 Å². The van der Waals surface area contributed by atoms with Gasteiger partial charge in [0.1, 0.15) is 11.2 Å². The Hall–Kier alpha value is -2.78. The number of H-pyrrole nitrogens is 1. The molecular weight excluding hydrogens is 395 g/mol. The van der Waals surface area contributed by atoms with Crippen LogP contribution < -0.4 is 5.56 Å². The largest absolute Gasteiger partial charge is 0.416 e. The third-order valence-electron chi connectivity index (χ3n) is 5.17. The predicted octanol–water partition coefficient (Wildman–Crippen LogP) is 4.48. The van der Waals surface area contributed by atoms with Crippen molar-refractivity contribution in [1.29, 1.82) is 0 Å². The Balaban J connectivity index is 1.66. The van der Waals surface area contributed by atoms with E-state index in [2.05, 4.69) is 15.1 Å². The van der Waals surface area contributed by atoms with E-state index in [0.717, 1.165) is 12.1 Å². The molecule has 5 nitrogen and oxygen atoms in total. The van der Waals surface area contributed by atoms with Crippen LogP contribution in [0.5, 0.6) is 0 Å². The highest BCUT2D eigenvalue weighted by Crippen LogP contribution is 2.38. The second-order valence-electron chi connectivity index (χ2n) is 7.30. The van der Waals surface area contributed by atoms with Crippen molar-refractivity contribution in [1.82, 2.24) is 19.7 Å². The summed E-state index contributed by atoms with van der Waals surface area (Å²) in [6, 6.07) is 4.48. The molecule has 1 saturated carbocycles. The molecule has 29 heavy (non-hydrogen) atoms. The maximum Gasteiger partial charge on any atom is 0.416 e. The van der Waals surface area contributed by atoms with Crippen LogP contribution in [0, 0.1) is 0 Å². The minimum Gasteiger partial charge on any atom is -0.310 e. The van der Waals surface area contributed by atoms with Gasteiger partial charge < -0.3 is 4.98 Å². The highest BCUT2D eigenvalue weighted by atomic mass is 19.4. The molecular formula is C19H17F5N4O. The monoisotopic (exact) mass is 412 g/mol. The van der Waals surface area contributed by atoms with Gasteiger partial charge in [0.15, 0.2) is 5.65 Å². The molecule has 3 aromatic rings. The zero-order chi connectivity index (χ0) is 20.8. The van der Waals surface area contributed by atoms with Gasteiger partial charge in [-0.25, -0.2) is 18.4 Å². The van der Waals surface area contributed by atoms with Crippen molar-refractivity contribution in [3.8, 4) is 0 Å². The van der Waals surface area contributed by atoms with Gasteiger partial charge >= 0.3 is 6.18 Å². The number of rotatable bonds is 3. The fourth-order valence-corrected chi connectivity index (χ4v) is 3.65.